The quantitative estimate of drug-likeness (QED) is 0.384. The molecule has 0 unspecified atom stereocenters. The van der Waals surface area contributed by atoms with E-state index in [-0.39, 0.29) is 6.61 Å². The number of benzene rings is 2. The molecule has 0 aliphatic carbocycles. The van der Waals surface area contributed by atoms with E-state index in [0.29, 0.717) is 36.4 Å². The monoisotopic (exact) mass is 446 g/mol. The van der Waals surface area contributed by atoms with Gasteiger partial charge in [-0.05, 0) is 42.0 Å². The van der Waals surface area contributed by atoms with Crippen LogP contribution in [0.1, 0.15) is 11.4 Å². The SMILES string of the molecule is S=c1[nH]nc(COc2c(Cl)cc(Cl)cc2Cl)n1/N=C/c1cccc(Cl)c1. The van der Waals surface area contributed by atoms with Crippen LogP contribution in [-0.4, -0.2) is 21.1 Å². The summed E-state index contributed by atoms with van der Waals surface area (Å²) in [5, 5.41) is 12.7. The second-order valence-electron chi connectivity index (χ2n) is 5.04. The summed E-state index contributed by atoms with van der Waals surface area (Å²) in [5.74, 6) is 0.743. The second-order valence-corrected chi connectivity index (χ2v) is 7.12. The molecular formula is C16H10Cl4N4OS. The number of ether oxygens (including phenoxy) is 1. The Bertz CT molecular complexity index is 1010. The fraction of sp³-hybridized carbons (Fsp3) is 0.0625. The summed E-state index contributed by atoms with van der Waals surface area (Å²) in [4.78, 5) is 0. The average Bonchev–Trinajstić information content (AvgIpc) is 2.92. The van der Waals surface area contributed by atoms with Gasteiger partial charge in [0.25, 0.3) is 0 Å². The molecule has 0 spiro atoms. The van der Waals surface area contributed by atoms with Gasteiger partial charge >= 0.3 is 0 Å². The summed E-state index contributed by atoms with van der Waals surface area (Å²) in [7, 11) is 0. The van der Waals surface area contributed by atoms with Crippen LogP contribution in [0, 0.1) is 4.77 Å². The third-order valence-electron chi connectivity index (χ3n) is 3.20. The van der Waals surface area contributed by atoms with Crippen molar-refractivity contribution >= 4 is 64.8 Å². The van der Waals surface area contributed by atoms with Crippen molar-refractivity contribution in [2.24, 2.45) is 5.10 Å². The van der Waals surface area contributed by atoms with Crippen molar-refractivity contribution < 1.29 is 4.74 Å². The molecule has 2 aromatic carbocycles. The third-order valence-corrected chi connectivity index (χ3v) is 4.48. The van der Waals surface area contributed by atoms with Crippen LogP contribution in [0.25, 0.3) is 0 Å². The Balaban J connectivity index is 1.82. The van der Waals surface area contributed by atoms with Crippen molar-refractivity contribution in [3.63, 3.8) is 0 Å². The summed E-state index contributed by atoms with van der Waals surface area (Å²) >= 11 is 29.3. The van der Waals surface area contributed by atoms with Gasteiger partial charge in [-0.1, -0.05) is 58.5 Å². The van der Waals surface area contributed by atoms with E-state index < -0.39 is 0 Å². The van der Waals surface area contributed by atoms with Gasteiger partial charge in [-0.2, -0.15) is 14.9 Å². The first-order chi connectivity index (χ1) is 12.4. The smallest absolute Gasteiger partial charge is 0.216 e. The number of aromatic nitrogens is 3. The van der Waals surface area contributed by atoms with E-state index in [9.17, 15) is 0 Å². The molecule has 0 aliphatic rings. The van der Waals surface area contributed by atoms with E-state index in [4.69, 9.17) is 63.4 Å². The molecule has 1 N–H and O–H groups in total. The van der Waals surface area contributed by atoms with E-state index in [1.807, 2.05) is 12.1 Å². The van der Waals surface area contributed by atoms with E-state index in [2.05, 4.69) is 15.3 Å². The standard InChI is InChI=1S/C16H10Cl4N4OS/c17-10-3-1-2-9(4-10)7-21-24-14(22-23-16(24)26)8-25-15-12(19)5-11(18)6-13(15)20/h1-7H,8H2,(H,23,26)/b21-7+. The molecule has 0 radical (unpaired) electrons. The minimum absolute atomic E-state index is 0.0428. The van der Waals surface area contributed by atoms with Crippen molar-refractivity contribution in [2.75, 3.05) is 0 Å². The largest absolute Gasteiger partial charge is 0.482 e. The molecule has 0 saturated heterocycles. The molecule has 3 rings (SSSR count). The Hall–Kier alpha value is -1.57. The Labute approximate surface area is 174 Å². The maximum absolute atomic E-state index is 6.11. The summed E-state index contributed by atoms with van der Waals surface area (Å²) in [6, 6.07) is 10.3. The molecule has 134 valence electrons. The van der Waals surface area contributed by atoms with Gasteiger partial charge in [0, 0.05) is 10.0 Å². The van der Waals surface area contributed by atoms with Crippen LogP contribution < -0.4 is 4.74 Å². The lowest BCUT2D eigenvalue weighted by atomic mass is 10.2. The third kappa shape index (κ3) is 4.58. The molecule has 1 aromatic heterocycles. The lowest BCUT2D eigenvalue weighted by Crippen LogP contribution is -2.05. The van der Waals surface area contributed by atoms with Crippen LogP contribution in [0.3, 0.4) is 0 Å². The van der Waals surface area contributed by atoms with Crippen LogP contribution in [0.4, 0.5) is 0 Å². The van der Waals surface area contributed by atoms with Crippen LogP contribution in [0.2, 0.25) is 20.1 Å². The number of halogens is 4. The van der Waals surface area contributed by atoms with E-state index >= 15 is 0 Å². The number of aromatic amines is 1. The van der Waals surface area contributed by atoms with Gasteiger partial charge in [-0.3, -0.25) is 0 Å². The Morgan fingerprint density at radius 1 is 1.12 bits per heavy atom. The molecule has 1 heterocycles. The second kappa shape index (κ2) is 8.41. The molecule has 0 saturated carbocycles. The first-order valence-corrected chi connectivity index (χ1v) is 9.09. The van der Waals surface area contributed by atoms with Crippen molar-refractivity contribution in [3.05, 3.63) is 72.6 Å². The fourth-order valence-corrected chi connectivity index (χ4v) is 3.37. The average molecular weight is 448 g/mol. The van der Waals surface area contributed by atoms with Crippen molar-refractivity contribution in [1.82, 2.24) is 14.9 Å². The molecule has 5 nitrogen and oxygen atoms in total. The Morgan fingerprint density at radius 3 is 2.54 bits per heavy atom. The molecular weight excluding hydrogens is 438 g/mol. The van der Waals surface area contributed by atoms with Crippen molar-refractivity contribution in [3.8, 4) is 5.75 Å². The zero-order valence-corrected chi connectivity index (χ0v) is 16.8. The van der Waals surface area contributed by atoms with Gasteiger partial charge in [0.05, 0.1) is 16.3 Å². The molecule has 0 amide bonds. The molecule has 26 heavy (non-hydrogen) atoms. The number of nitrogens with zero attached hydrogens (tertiary/aromatic N) is 3. The maximum atomic E-state index is 6.11. The number of nitrogens with one attached hydrogen (secondary N) is 1. The van der Waals surface area contributed by atoms with E-state index in [1.54, 1.807) is 30.5 Å². The highest BCUT2D eigenvalue weighted by molar-refractivity contribution is 7.71. The highest BCUT2D eigenvalue weighted by Gasteiger charge is 2.12. The van der Waals surface area contributed by atoms with Gasteiger partial charge in [0.15, 0.2) is 11.6 Å². The minimum atomic E-state index is 0.0428. The molecule has 0 fully saturated rings. The topological polar surface area (TPSA) is 55.2 Å². The molecule has 10 heteroatoms. The van der Waals surface area contributed by atoms with Gasteiger partial charge in [-0.15, -0.1) is 0 Å². The first-order valence-electron chi connectivity index (χ1n) is 7.17. The van der Waals surface area contributed by atoms with Gasteiger partial charge in [0.2, 0.25) is 4.77 Å². The predicted molar refractivity (Wildman–Crippen MR) is 108 cm³/mol. The number of hydrogen-bond acceptors (Lipinski definition) is 4. The summed E-state index contributed by atoms with van der Waals surface area (Å²) in [6.07, 6.45) is 1.61. The van der Waals surface area contributed by atoms with E-state index in [1.165, 1.54) is 4.68 Å². The molecule has 3 aromatic rings. The highest BCUT2D eigenvalue weighted by Crippen LogP contribution is 2.36. The van der Waals surface area contributed by atoms with Crippen LogP contribution in [-0.2, 0) is 6.61 Å². The lowest BCUT2D eigenvalue weighted by molar-refractivity contribution is 0.291. The zero-order chi connectivity index (χ0) is 18.7. The molecule has 0 aliphatic heterocycles. The maximum Gasteiger partial charge on any atom is 0.216 e. The highest BCUT2D eigenvalue weighted by atomic mass is 35.5. The van der Waals surface area contributed by atoms with Gasteiger partial charge in [0.1, 0.15) is 6.61 Å². The van der Waals surface area contributed by atoms with Crippen LogP contribution in [0.15, 0.2) is 41.5 Å². The Morgan fingerprint density at radius 2 is 1.85 bits per heavy atom. The minimum Gasteiger partial charge on any atom is -0.482 e. The van der Waals surface area contributed by atoms with Gasteiger partial charge in [-0.25, -0.2) is 5.10 Å². The summed E-state index contributed by atoms with van der Waals surface area (Å²) in [5.41, 5.74) is 0.816. The van der Waals surface area contributed by atoms with E-state index in [0.717, 1.165) is 5.56 Å². The zero-order valence-electron chi connectivity index (χ0n) is 12.9. The van der Waals surface area contributed by atoms with Gasteiger partial charge < -0.3 is 4.74 Å². The number of H-pyrrole nitrogens is 1. The normalized spacial score (nSPS) is 11.2. The van der Waals surface area contributed by atoms with Crippen molar-refractivity contribution in [1.29, 1.82) is 0 Å². The molecule has 0 atom stereocenters. The lowest BCUT2D eigenvalue weighted by Gasteiger charge is -2.09. The fourth-order valence-electron chi connectivity index (χ4n) is 2.05. The first kappa shape index (κ1) is 19.2. The predicted octanol–water partition coefficient (Wildman–Crippen LogP) is 6.02. The number of rotatable bonds is 5. The number of hydrogen-bond donors (Lipinski definition) is 1. The summed E-state index contributed by atoms with van der Waals surface area (Å²) in [6.45, 7) is 0.0428. The molecule has 0 bridgehead atoms. The van der Waals surface area contributed by atoms with Crippen LogP contribution >= 0.6 is 58.6 Å². The van der Waals surface area contributed by atoms with Crippen LogP contribution in [0.5, 0.6) is 5.75 Å². The summed E-state index contributed by atoms with van der Waals surface area (Å²) < 4.78 is 7.42. The Kier molecular flexibility index (Phi) is 6.21. The van der Waals surface area contributed by atoms with Crippen molar-refractivity contribution in [2.45, 2.75) is 6.61 Å².